The van der Waals surface area contributed by atoms with Gasteiger partial charge in [-0.1, -0.05) is 90.1 Å². The molecule has 0 bridgehead atoms. The zero-order chi connectivity index (χ0) is 31.1. The Hall–Kier alpha value is -5.05. The summed E-state index contributed by atoms with van der Waals surface area (Å²) in [6.07, 6.45) is 9.76. The molecule has 0 fully saturated rings. The Labute approximate surface area is 251 Å². The Bertz CT molecular complexity index is 1580. The first-order chi connectivity index (χ1) is 19.8. The maximum atomic E-state index is 10.2. The van der Waals surface area contributed by atoms with Crippen molar-refractivity contribution in [3.63, 3.8) is 0 Å². The molecule has 212 valence electrons. The van der Waals surface area contributed by atoms with Gasteiger partial charge >= 0.3 is 0 Å². The molecule has 1 heterocycles. The zero-order valence-electron chi connectivity index (χ0n) is 25.8. The number of allylic oxidation sites excluding steroid dienone is 12. The molecule has 0 aromatic heterocycles. The molecule has 3 rings (SSSR count). The minimum Gasteiger partial charge on any atom is -0.465 e. The van der Waals surface area contributed by atoms with E-state index in [4.69, 9.17) is 4.74 Å². The molecule has 0 spiro atoms. The monoisotopic (exact) mass is 554 g/mol. The highest BCUT2D eigenvalue weighted by atomic mass is 16.5. The Morgan fingerprint density at radius 2 is 1.26 bits per heavy atom. The molecular weight excluding hydrogens is 516 g/mol. The van der Waals surface area contributed by atoms with Crippen LogP contribution in [-0.2, 0) is 4.74 Å². The maximum Gasteiger partial charge on any atom is 0.138 e. The number of benzene rings is 2. The third-order valence-corrected chi connectivity index (χ3v) is 6.69. The first kappa shape index (κ1) is 31.5. The minimum atomic E-state index is -0.199. The molecule has 5 heteroatoms. The normalized spacial score (nSPS) is 13.9. The van der Waals surface area contributed by atoms with Gasteiger partial charge in [0.05, 0.1) is 11.6 Å². The summed E-state index contributed by atoms with van der Waals surface area (Å²) in [5.74, 6) is 1.75. The lowest BCUT2D eigenvalue weighted by Gasteiger charge is -2.32. The van der Waals surface area contributed by atoms with Gasteiger partial charge < -0.3 is 9.64 Å². The van der Waals surface area contributed by atoms with Gasteiger partial charge in [-0.3, -0.25) is 0 Å². The first-order valence-corrected chi connectivity index (χ1v) is 13.8. The van der Waals surface area contributed by atoms with Crippen LogP contribution in [-0.4, -0.2) is 14.1 Å². The average Bonchev–Trinajstić information content (AvgIpc) is 2.95. The summed E-state index contributed by atoms with van der Waals surface area (Å²) in [6, 6.07) is 23.4. The zero-order valence-corrected chi connectivity index (χ0v) is 25.8. The number of rotatable bonds is 6. The van der Waals surface area contributed by atoms with E-state index in [0.717, 1.165) is 33.9 Å². The van der Waals surface area contributed by atoms with Crippen LogP contribution >= 0.6 is 0 Å². The van der Waals surface area contributed by atoms with Crippen LogP contribution in [0.1, 0.15) is 52.7 Å². The van der Waals surface area contributed by atoms with Crippen LogP contribution in [0.15, 0.2) is 113 Å². The molecule has 0 aliphatic carbocycles. The van der Waals surface area contributed by atoms with E-state index in [1.54, 1.807) is 18.2 Å². The van der Waals surface area contributed by atoms with Crippen molar-refractivity contribution in [2.45, 2.75) is 41.5 Å². The second kappa shape index (κ2) is 13.1. The van der Waals surface area contributed by atoms with Gasteiger partial charge in [0.2, 0.25) is 0 Å². The van der Waals surface area contributed by atoms with Gasteiger partial charge in [0.15, 0.2) is 0 Å². The third-order valence-electron chi connectivity index (χ3n) is 6.69. The molecule has 2 aromatic carbocycles. The maximum absolute atomic E-state index is 10.2. The van der Waals surface area contributed by atoms with Crippen LogP contribution < -0.4 is 4.90 Å². The molecule has 0 saturated heterocycles. The number of nitrogens with zero attached hydrogens (tertiary/aromatic N) is 4. The lowest BCUT2D eigenvalue weighted by atomic mass is 9.86. The van der Waals surface area contributed by atoms with Crippen molar-refractivity contribution in [2.24, 2.45) is 10.8 Å². The standard InChI is InChI=1S/C37H38N4O/c1-36(2,3)33-21-26(22-34(42-33)37(4,5)6)20-29(27-16-18-32(19-17-27)41(7)8)14-15-30(23-38)35(31(24-39)25-40)28-12-10-9-11-13-28/h9-22H,1-8H3/b29-14-,30-15+. The van der Waals surface area contributed by atoms with Crippen molar-refractivity contribution < 1.29 is 4.74 Å². The topological polar surface area (TPSA) is 83.8 Å². The van der Waals surface area contributed by atoms with Crippen molar-refractivity contribution in [3.05, 3.63) is 124 Å². The van der Waals surface area contributed by atoms with E-state index < -0.39 is 0 Å². The van der Waals surface area contributed by atoms with Gasteiger partial charge in [-0.25, -0.2) is 0 Å². The highest BCUT2D eigenvalue weighted by Gasteiger charge is 2.29. The minimum absolute atomic E-state index is 0.113. The summed E-state index contributed by atoms with van der Waals surface area (Å²) in [4.78, 5) is 2.04. The summed E-state index contributed by atoms with van der Waals surface area (Å²) in [5, 5.41) is 29.6. The van der Waals surface area contributed by atoms with Crippen LogP contribution in [0.3, 0.4) is 0 Å². The molecule has 1 aliphatic rings. The Kier molecular flexibility index (Phi) is 9.80. The smallest absolute Gasteiger partial charge is 0.138 e. The van der Waals surface area contributed by atoms with Crippen molar-refractivity contribution in [2.75, 3.05) is 19.0 Å². The van der Waals surface area contributed by atoms with E-state index in [1.807, 2.05) is 79.7 Å². The molecule has 0 radical (unpaired) electrons. The largest absolute Gasteiger partial charge is 0.465 e. The van der Waals surface area contributed by atoms with E-state index in [2.05, 4.69) is 65.8 Å². The SMILES string of the molecule is CN(C)c1ccc(/C(C=C2C=C(C(C)(C)C)OC(C(C)(C)C)=C2)=C\C=C(/C#N)C(=C(C#N)C#N)c2ccccc2)cc1. The summed E-state index contributed by atoms with van der Waals surface area (Å²) in [7, 11) is 3.99. The first-order valence-electron chi connectivity index (χ1n) is 13.8. The number of hydrogen-bond acceptors (Lipinski definition) is 5. The van der Waals surface area contributed by atoms with Gasteiger partial charge in [0.1, 0.15) is 29.2 Å². The highest BCUT2D eigenvalue weighted by molar-refractivity contribution is 5.90. The van der Waals surface area contributed by atoms with E-state index in [1.165, 1.54) is 0 Å². The van der Waals surface area contributed by atoms with E-state index in [9.17, 15) is 15.8 Å². The number of hydrogen-bond donors (Lipinski definition) is 0. The fourth-order valence-electron chi connectivity index (χ4n) is 4.23. The summed E-state index contributed by atoms with van der Waals surface area (Å²) >= 11 is 0. The van der Waals surface area contributed by atoms with Crippen molar-refractivity contribution in [1.29, 1.82) is 15.8 Å². The fraction of sp³-hybridized carbons (Fsp3) is 0.270. The molecule has 5 nitrogen and oxygen atoms in total. The van der Waals surface area contributed by atoms with Crippen LogP contribution in [0.4, 0.5) is 5.69 Å². The van der Waals surface area contributed by atoms with E-state index in [-0.39, 0.29) is 22.0 Å². The second-order valence-electron chi connectivity index (χ2n) is 12.4. The van der Waals surface area contributed by atoms with Crippen LogP contribution in [0.5, 0.6) is 0 Å². The molecular formula is C37H38N4O. The predicted molar refractivity (Wildman–Crippen MR) is 171 cm³/mol. The summed E-state index contributed by atoms with van der Waals surface area (Å²) in [5.41, 5.74) is 4.51. The molecule has 0 unspecified atom stereocenters. The van der Waals surface area contributed by atoms with Crippen LogP contribution in [0.25, 0.3) is 11.1 Å². The van der Waals surface area contributed by atoms with Crippen molar-refractivity contribution in [3.8, 4) is 18.2 Å². The van der Waals surface area contributed by atoms with E-state index >= 15 is 0 Å². The Morgan fingerprint density at radius 1 is 0.714 bits per heavy atom. The van der Waals surface area contributed by atoms with Crippen molar-refractivity contribution >= 4 is 16.8 Å². The fourth-order valence-corrected chi connectivity index (χ4v) is 4.23. The summed E-state index contributed by atoms with van der Waals surface area (Å²) < 4.78 is 6.36. The van der Waals surface area contributed by atoms with Gasteiger partial charge in [0.25, 0.3) is 0 Å². The third kappa shape index (κ3) is 7.78. The van der Waals surface area contributed by atoms with Crippen molar-refractivity contribution in [1.82, 2.24) is 0 Å². The van der Waals surface area contributed by atoms with Crippen LogP contribution in [0, 0.1) is 44.8 Å². The quantitative estimate of drug-likeness (QED) is 0.263. The van der Waals surface area contributed by atoms with E-state index in [0.29, 0.717) is 11.1 Å². The number of ether oxygens (including phenoxy) is 1. The molecule has 0 saturated carbocycles. The van der Waals surface area contributed by atoms with Gasteiger partial charge in [-0.05, 0) is 58.7 Å². The predicted octanol–water partition coefficient (Wildman–Crippen LogP) is 8.90. The molecule has 42 heavy (non-hydrogen) atoms. The lowest BCUT2D eigenvalue weighted by Crippen LogP contribution is -2.21. The number of anilines is 1. The molecule has 0 atom stereocenters. The molecule has 2 aromatic rings. The molecule has 0 N–H and O–H groups in total. The van der Waals surface area contributed by atoms with Gasteiger partial charge in [-0.15, -0.1) is 0 Å². The summed E-state index contributed by atoms with van der Waals surface area (Å²) in [6.45, 7) is 12.8. The lowest BCUT2D eigenvalue weighted by molar-refractivity contribution is 0.161. The highest BCUT2D eigenvalue weighted by Crippen LogP contribution is 2.39. The Morgan fingerprint density at radius 3 is 1.71 bits per heavy atom. The Balaban J connectivity index is 2.30. The average molecular weight is 555 g/mol. The second-order valence-corrected chi connectivity index (χ2v) is 12.4. The number of nitriles is 3. The molecule has 1 aliphatic heterocycles. The van der Waals surface area contributed by atoms with Gasteiger partial charge in [0, 0.05) is 36.2 Å². The van der Waals surface area contributed by atoms with Crippen LogP contribution in [0.2, 0.25) is 0 Å². The van der Waals surface area contributed by atoms with Gasteiger partial charge in [-0.2, -0.15) is 15.8 Å². The molecule has 0 amide bonds.